The molecule has 1 saturated carbocycles. The Kier molecular flexibility index (Phi) is 10.7. The van der Waals surface area contributed by atoms with Crippen LogP contribution in [0.1, 0.15) is 58.8 Å². The molecule has 2 rings (SSSR count). The Morgan fingerprint density at radius 3 is 2.58 bits per heavy atom. The van der Waals surface area contributed by atoms with E-state index in [0.29, 0.717) is 25.4 Å². The van der Waals surface area contributed by atoms with E-state index < -0.39 is 0 Å². The van der Waals surface area contributed by atoms with Crippen molar-refractivity contribution < 1.29 is 4.79 Å². The normalized spacial score (nSPS) is 22.2. The Bertz CT molecular complexity index is 396. The number of nitrogens with zero attached hydrogens (tertiary/aromatic N) is 2. The van der Waals surface area contributed by atoms with Crippen molar-refractivity contribution in [2.24, 2.45) is 16.8 Å². The van der Waals surface area contributed by atoms with Gasteiger partial charge in [0, 0.05) is 32.6 Å². The van der Waals surface area contributed by atoms with E-state index in [4.69, 9.17) is 4.99 Å². The second-order valence-electron chi connectivity index (χ2n) is 7.13. The van der Waals surface area contributed by atoms with Crippen molar-refractivity contribution in [1.82, 2.24) is 15.5 Å². The Hall–Kier alpha value is -0.530. The first kappa shape index (κ1) is 21.5. The van der Waals surface area contributed by atoms with Gasteiger partial charge >= 0.3 is 0 Å². The first-order valence-electron chi connectivity index (χ1n) is 9.49. The van der Waals surface area contributed by atoms with E-state index in [2.05, 4.69) is 29.4 Å². The van der Waals surface area contributed by atoms with Gasteiger partial charge in [-0.25, -0.2) is 0 Å². The maximum atomic E-state index is 11.9. The summed E-state index contributed by atoms with van der Waals surface area (Å²) in [7, 11) is 0. The molecule has 2 aliphatic rings. The van der Waals surface area contributed by atoms with Crippen LogP contribution in [-0.4, -0.2) is 49.5 Å². The molecule has 1 unspecified atom stereocenters. The summed E-state index contributed by atoms with van der Waals surface area (Å²) in [5, 5.41) is 6.41. The van der Waals surface area contributed by atoms with Gasteiger partial charge in [-0.3, -0.25) is 9.79 Å². The Labute approximate surface area is 164 Å². The lowest BCUT2D eigenvalue weighted by Crippen LogP contribution is -2.46. The number of likely N-dealkylation sites (tertiary alicyclic amines) is 1. The Balaban J connectivity index is 0.00000288. The highest BCUT2D eigenvalue weighted by Gasteiger charge is 2.19. The lowest BCUT2D eigenvalue weighted by Gasteiger charge is -2.33. The summed E-state index contributed by atoms with van der Waals surface area (Å²) >= 11 is 0. The minimum Gasteiger partial charge on any atom is -0.357 e. The van der Waals surface area contributed by atoms with E-state index >= 15 is 0 Å². The molecule has 2 N–H and O–H groups in total. The molecule has 1 aliphatic carbocycles. The number of hydrogen-bond acceptors (Lipinski definition) is 2. The third kappa shape index (κ3) is 7.57. The molecule has 1 atom stereocenters. The number of nitrogens with one attached hydrogen (secondary N) is 2. The summed E-state index contributed by atoms with van der Waals surface area (Å²) in [6, 6.07) is 0. The molecule has 0 aromatic carbocycles. The predicted octanol–water partition coefficient (Wildman–Crippen LogP) is 3.00. The van der Waals surface area contributed by atoms with Gasteiger partial charge in [-0.2, -0.15) is 0 Å². The second kappa shape index (κ2) is 11.9. The number of halogens is 1. The van der Waals surface area contributed by atoms with Crippen molar-refractivity contribution in [3.63, 3.8) is 0 Å². The highest BCUT2D eigenvalue weighted by molar-refractivity contribution is 14.0. The van der Waals surface area contributed by atoms with E-state index in [1.807, 2.05) is 0 Å². The van der Waals surface area contributed by atoms with Crippen LogP contribution in [0.4, 0.5) is 0 Å². The SMILES string of the molecule is CCNC(=NCCNC(=O)CC1CCCC1)N1CCCC(C)C1.I. The Morgan fingerprint density at radius 2 is 1.92 bits per heavy atom. The van der Waals surface area contributed by atoms with Crippen LogP contribution in [0.3, 0.4) is 0 Å². The largest absolute Gasteiger partial charge is 0.357 e. The zero-order chi connectivity index (χ0) is 16.5. The molecule has 0 bridgehead atoms. The summed E-state index contributed by atoms with van der Waals surface area (Å²) in [6.45, 7) is 8.76. The number of amides is 1. The molecule has 24 heavy (non-hydrogen) atoms. The highest BCUT2D eigenvalue weighted by atomic mass is 127. The minimum absolute atomic E-state index is 0. The number of piperidine rings is 1. The van der Waals surface area contributed by atoms with Crippen LogP contribution in [0.15, 0.2) is 4.99 Å². The van der Waals surface area contributed by atoms with Crippen molar-refractivity contribution in [3.8, 4) is 0 Å². The standard InChI is InChI=1S/C18H34N4O.HI/c1-3-19-18(22-12-6-7-15(2)14-22)21-11-10-20-17(23)13-16-8-4-5-9-16;/h15-16H,3-14H2,1-2H3,(H,19,21)(H,20,23);1H. The van der Waals surface area contributed by atoms with Gasteiger partial charge in [-0.05, 0) is 44.4 Å². The van der Waals surface area contributed by atoms with E-state index in [-0.39, 0.29) is 29.9 Å². The summed E-state index contributed by atoms with van der Waals surface area (Å²) in [5.74, 6) is 2.55. The quantitative estimate of drug-likeness (QED) is 0.283. The third-order valence-corrected chi connectivity index (χ3v) is 4.94. The molecule has 0 aromatic rings. The highest BCUT2D eigenvalue weighted by Crippen LogP contribution is 2.27. The molecule has 2 fully saturated rings. The fourth-order valence-electron chi connectivity index (χ4n) is 3.71. The van der Waals surface area contributed by atoms with Gasteiger partial charge in [0.2, 0.25) is 5.91 Å². The van der Waals surface area contributed by atoms with Crippen LogP contribution in [0.25, 0.3) is 0 Å². The molecule has 0 spiro atoms. The summed E-state index contributed by atoms with van der Waals surface area (Å²) < 4.78 is 0. The van der Waals surface area contributed by atoms with Crippen molar-refractivity contribution in [1.29, 1.82) is 0 Å². The molecule has 5 nitrogen and oxygen atoms in total. The van der Waals surface area contributed by atoms with Gasteiger partial charge in [0.1, 0.15) is 0 Å². The van der Waals surface area contributed by atoms with E-state index in [0.717, 1.165) is 31.5 Å². The van der Waals surface area contributed by atoms with Crippen molar-refractivity contribution >= 4 is 35.8 Å². The van der Waals surface area contributed by atoms with Crippen LogP contribution >= 0.6 is 24.0 Å². The van der Waals surface area contributed by atoms with Gasteiger partial charge in [0.05, 0.1) is 6.54 Å². The zero-order valence-corrected chi connectivity index (χ0v) is 17.7. The fraction of sp³-hybridized carbons (Fsp3) is 0.889. The summed E-state index contributed by atoms with van der Waals surface area (Å²) in [6.07, 6.45) is 8.29. The van der Waals surface area contributed by atoms with Crippen molar-refractivity contribution in [2.45, 2.75) is 58.8 Å². The van der Waals surface area contributed by atoms with Crippen molar-refractivity contribution in [2.75, 3.05) is 32.7 Å². The predicted molar refractivity (Wildman–Crippen MR) is 111 cm³/mol. The molecule has 1 saturated heterocycles. The lowest BCUT2D eigenvalue weighted by molar-refractivity contribution is -0.121. The van der Waals surface area contributed by atoms with Crippen molar-refractivity contribution in [3.05, 3.63) is 0 Å². The summed E-state index contributed by atoms with van der Waals surface area (Å²) in [5.41, 5.74) is 0. The fourth-order valence-corrected chi connectivity index (χ4v) is 3.71. The van der Waals surface area contributed by atoms with E-state index in [9.17, 15) is 4.79 Å². The molecule has 140 valence electrons. The summed E-state index contributed by atoms with van der Waals surface area (Å²) in [4.78, 5) is 19.0. The van der Waals surface area contributed by atoms with Crippen LogP contribution in [-0.2, 0) is 4.79 Å². The van der Waals surface area contributed by atoms with Gasteiger partial charge in [-0.1, -0.05) is 19.8 Å². The molecular weight excluding hydrogens is 415 g/mol. The maximum absolute atomic E-state index is 11.9. The topological polar surface area (TPSA) is 56.7 Å². The van der Waals surface area contributed by atoms with Crippen LogP contribution in [0.5, 0.6) is 0 Å². The van der Waals surface area contributed by atoms with Crippen LogP contribution in [0.2, 0.25) is 0 Å². The van der Waals surface area contributed by atoms with E-state index in [1.165, 1.54) is 38.5 Å². The molecule has 1 heterocycles. The number of carbonyl (C=O) groups is 1. The number of carbonyl (C=O) groups excluding carboxylic acids is 1. The van der Waals surface area contributed by atoms with E-state index in [1.54, 1.807) is 0 Å². The average molecular weight is 450 g/mol. The molecule has 1 aliphatic heterocycles. The number of hydrogen-bond donors (Lipinski definition) is 2. The first-order valence-corrected chi connectivity index (χ1v) is 9.49. The molecule has 1 amide bonds. The smallest absolute Gasteiger partial charge is 0.220 e. The second-order valence-corrected chi connectivity index (χ2v) is 7.13. The molecular formula is C18H35IN4O. The minimum atomic E-state index is 0. The molecule has 0 radical (unpaired) electrons. The number of guanidine groups is 1. The van der Waals surface area contributed by atoms with Gasteiger partial charge in [-0.15, -0.1) is 24.0 Å². The number of rotatable bonds is 6. The molecule has 6 heteroatoms. The maximum Gasteiger partial charge on any atom is 0.220 e. The van der Waals surface area contributed by atoms with Crippen LogP contribution in [0, 0.1) is 11.8 Å². The number of aliphatic imine (C=N–C) groups is 1. The average Bonchev–Trinajstić information content (AvgIpc) is 3.03. The van der Waals surface area contributed by atoms with Gasteiger partial charge < -0.3 is 15.5 Å². The van der Waals surface area contributed by atoms with Crippen LogP contribution < -0.4 is 10.6 Å². The Morgan fingerprint density at radius 1 is 1.17 bits per heavy atom. The van der Waals surface area contributed by atoms with Gasteiger partial charge in [0.15, 0.2) is 5.96 Å². The molecule has 0 aromatic heterocycles. The lowest BCUT2D eigenvalue weighted by atomic mass is 10.0. The zero-order valence-electron chi connectivity index (χ0n) is 15.4. The van der Waals surface area contributed by atoms with Gasteiger partial charge in [0.25, 0.3) is 0 Å². The first-order chi connectivity index (χ1) is 11.2. The third-order valence-electron chi connectivity index (χ3n) is 4.94. The monoisotopic (exact) mass is 450 g/mol.